The number of fused-ring (bicyclic) bond motifs is 1. The van der Waals surface area contributed by atoms with E-state index < -0.39 is 0 Å². The lowest BCUT2D eigenvalue weighted by Gasteiger charge is -2.15. The van der Waals surface area contributed by atoms with Gasteiger partial charge in [-0.1, -0.05) is 56.2 Å². The highest BCUT2D eigenvalue weighted by atomic mass is 16.5. The molecule has 5 heteroatoms. The van der Waals surface area contributed by atoms with Gasteiger partial charge in [0, 0.05) is 10.9 Å². The summed E-state index contributed by atoms with van der Waals surface area (Å²) < 4.78 is 13.0. The van der Waals surface area contributed by atoms with Crippen LogP contribution in [0.4, 0.5) is 0 Å². The van der Waals surface area contributed by atoms with Crippen molar-refractivity contribution >= 4 is 10.9 Å². The third kappa shape index (κ3) is 4.97. The Morgan fingerprint density at radius 3 is 2.47 bits per heavy atom. The van der Waals surface area contributed by atoms with Crippen molar-refractivity contribution in [3.05, 3.63) is 88.3 Å². The fraction of sp³-hybridized carbons (Fsp3) is 0.241. The van der Waals surface area contributed by atoms with Crippen molar-refractivity contribution in [2.75, 3.05) is 13.2 Å². The molecule has 3 aromatic carbocycles. The number of nitrogens with zero attached hydrogens (tertiary/aromatic N) is 2. The predicted molar refractivity (Wildman–Crippen MR) is 137 cm³/mol. The third-order valence-electron chi connectivity index (χ3n) is 5.68. The van der Waals surface area contributed by atoms with E-state index >= 15 is 0 Å². The first-order valence-electron chi connectivity index (χ1n) is 11.4. The predicted octanol–water partition coefficient (Wildman–Crippen LogP) is 5.65. The normalized spacial score (nSPS) is 10.9. The molecule has 0 bridgehead atoms. The van der Waals surface area contributed by atoms with E-state index in [0.717, 1.165) is 27.8 Å². The molecule has 1 heterocycles. The SMILES string of the molecule is C#CCOc1ccc2c(c1)c(-c1ccc(C(C)C)cc1)nc(=O)n2Cc1cccc(OCC)c1. The summed E-state index contributed by atoms with van der Waals surface area (Å²) in [5.74, 6) is 4.32. The first kappa shape index (κ1) is 23.1. The molecule has 4 aromatic rings. The van der Waals surface area contributed by atoms with Gasteiger partial charge in [0.2, 0.25) is 0 Å². The van der Waals surface area contributed by atoms with E-state index in [1.54, 1.807) is 4.57 Å². The third-order valence-corrected chi connectivity index (χ3v) is 5.68. The number of aromatic nitrogens is 2. The van der Waals surface area contributed by atoms with Gasteiger partial charge in [-0.05, 0) is 54.3 Å². The number of hydrogen-bond donors (Lipinski definition) is 0. The molecule has 4 rings (SSSR count). The van der Waals surface area contributed by atoms with Crippen molar-refractivity contribution in [2.45, 2.75) is 33.2 Å². The number of terminal acetylenes is 1. The van der Waals surface area contributed by atoms with Crippen LogP contribution in [0.1, 0.15) is 37.8 Å². The largest absolute Gasteiger partial charge is 0.494 e. The Hall–Kier alpha value is -4.04. The Balaban J connectivity index is 1.85. The molecule has 0 fully saturated rings. The molecular weight excluding hydrogens is 424 g/mol. The molecule has 0 saturated carbocycles. The van der Waals surface area contributed by atoms with Crippen molar-refractivity contribution in [2.24, 2.45) is 0 Å². The molecular formula is C29H28N2O3. The van der Waals surface area contributed by atoms with Crippen molar-refractivity contribution in [1.82, 2.24) is 9.55 Å². The van der Waals surface area contributed by atoms with E-state index in [4.69, 9.17) is 15.9 Å². The number of rotatable bonds is 8. The Labute approximate surface area is 200 Å². The van der Waals surface area contributed by atoms with Gasteiger partial charge in [-0.15, -0.1) is 6.42 Å². The lowest BCUT2D eigenvalue weighted by atomic mass is 9.99. The molecule has 0 spiro atoms. The minimum Gasteiger partial charge on any atom is -0.494 e. The van der Waals surface area contributed by atoms with Crippen LogP contribution in [0.2, 0.25) is 0 Å². The topological polar surface area (TPSA) is 53.3 Å². The van der Waals surface area contributed by atoms with Crippen LogP contribution in [0.3, 0.4) is 0 Å². The second-order valence-corrected chi connectivity index (χ2v) is 8.36. The summed E-state index contributed by atoms with van der Waals surface area (Å²) in [6.07, 6.45) is 5.37. The summed E-state index contributed by atoms with van der Waals surface area (Å²) in [6, 6.07) is 21.6. The molecule has 0 radical (unpaired) electrons. The van der Waals surface area contributed by atoms with Gasteiger partial charge in [0.05, 0.1) is 24.4 Å². The lowest BCUT2D eigenvalue weighted by Crippen LogP contribution is -2.24. The van der Waals surface area contributed by atoms with Crippen molar-refractivity contribution < 1.29 is 9.47 Å². The zero-order chi connectivity index (χ0) is 24.1. The van der Waals surface area contributed by atoms with Gasteiger partial charge in [-0.3, -0.25) is 4.57 Å². The lowest BCUT2D eigenvalue weighted by molar-refractivity contribution is 0.340. The summed E-state index contributed by atoms with van der Waals surface area (Å²) in [5, 5.41) is 0.826. The highest BCUT2D eigenvalue weighted by molar-refractivity contribution is 5.93. The molecule has 0 N–H and O–H groups in total. The fourth-order valence-electron chi connectivity index (χ4n) is 3.96. The zero-order valence-corrected chi connectivity index (χ0v) is 19.7. The van der Waals surface area contributed by atoms with Gasteiger partial charge in [-0.2, -0.15) is 4.98 Å². The van der Waals surface area contributed by atoms with E-state index in [1.807, 2.05) is 61.5 Å². The number of benzene rings is 3. The molecule has 5 nitrogen and oxygen atoms in total. The van der Waals surface area contributed by atoms with Gasteiger partial charge in [0.1, 0.15) is 18.1 Å². The van der Waals surface area contributed by atoms with Crippen LogP contribution < -0.4 is 15.2 Å². The van der Waals surface area contributed by atoms with Crippen LogP contribution in [-0.4, -0.2) is 22.8 Å². The minimum atomic E-state index is -0.311. The first-order chi connectivity index (χ1) is 16.5. The molecule has 0 amide bonds. The van der Waals surface area contributed by atoms with Crippen molar-refractivity contribution in [3.63, 3.8) is 0 Å². The Bertz CT molecular complexity index is 1400. The van der Waals surface area contributed by atoms with Crippen LogP contribution in [0.25, 0.3) is 22.2 Å². The van der Waals surface area contributed by atoms with Crippen LogP contribution in [0, 0.1) is 12.3 Å². The van der Waals surface area contributed by atoms with Gasteiger partial charge in [0.25, 0.3) is 0 Å². The maximum atomic E-state index is 13.2. The molecule has 0 atom stereocenters. The van der Waals surface area contributed by atoms with Gasteiger partial charge < -0.3 is 9.47 Å². The second-order valence-electron chi connectivity index (χ2n) is 8.36. The summed E-state index contributed by atoms with van der Waals surface area (Å²) in [6.45, 7) is 7.38. The summed E-state index contributed by atoms with van der Waals surface area (Å²) >= 11 is 0. The molecule has 172 valence electrons. The van der Waals surface area contributed by atoms with Crippen molar-refractivity contribution in [1.29, 1.82) is 0 Å². The summed E-state index contributed by atoms with van der Waals surface area (Å²) in [7, 11) is 0. The minimum absolute atomic E-state index is 0.168. The summed E-state index contributed by atoms with van der Waals surface area (Å²) in [4.78, 5) is 17.7. The van der Waals surface area contributed by atoms with E-state index in [-0.39, 0.29) is 12.3 Å². The quantitative estimate of drug-likeness (QED) is 0.324. The number of ether oxygens (including phenoxy) is 2. The van der Waals surface area contributed by atoms with Gasteiger partial charge in [0.15, 0.2) is 0 Å². The second kappa shape index (κ2) is 10.3. The molecule has 0 aliphatic heterocycles. The Kier molecular flexibility index (Phi) is 6.98. The fourth-order valence-corrected chi connectivity index (χ4v) is 3.96. The maximum absolute atomic E-state index is 13.2. The maximum Gasteiger partial charge on any atom is 0.348 e. The smallest absolute Gasteiger partial charge is 0.348 e. The molecule has 34 heavy (non-hydrogen) atoms. The van der Waals surface area contributed by atoms with Gasteiger partial charge in [-0.25, -0.2) is 4.79 Å². The highest BCUT2D eigenvalue weighted by Gasteiger charge is 2.14. The van der Waals surface area contributed by atoms with E-state index in [2.05, 4.69) is 36.9 Å². The van der Waals surface area contributed by atoms with Gasteiger partial charge >= 0.3 is 5.69 Å². The number of hydrogen-bond acceptors (Lipinski definition) is 4. The average molecular weight is 453 g/mol. The zero-order valence-electron chi connectivity index (χ0n) is 19.7. The Morgan fingerprint density at radius 2 is 1.76 bits per heavy atom. The molecule has 1 aromatic heterocycles. The van der Waals surface area contributed by atoms with Crippen LogP contribution >= 0.6 is 0 Å². The Morgan fingerprint density at radius 1 is 1.00 bits per heavy atom. The monoisotopic (exact) mass is 452 g/mol. The summed E-state index contributed by atoms with van der Waals surface area (Å²) in [5.41, 5.74) is 4.16. The molecule has 0 unspecified atom stereocenters. The van der Waals surface area contributed by atoms with Crippen molar-refractivity contribution in [3.8, 4) is 35.1 Å². The van der Waals surface area contributed by atoms with Crippen LogP contribution in [0.15, 0.2) is 71.5 Å². The van der Waals surface area contributed by atoms with E-state index in [0.29, 0.717) is 30.5 Å². The molecule has 0 aliphatic carbocycles. The van der Waals surface area contributed by atoms with E-state index in [1.165, 1.54) is 5.56 Å². The van der Waals surface area contributed by atoms with E-state index in [9.17, 15) is 4.79 Å². The molecule has 0 saturated heterocycles. The standard InChI is InChI=1S/C29H28N2O3/c1-5-16-34-25-14-15-27-26(18-25)28(23-12-10-22(11-13-23)20(3)4)30-29(32)31(27)19-21-8-7-9-24(17-21)33-6-2/h1,7-15,17-18,20H,6,16,19H2,2-4H3. The van der Waals surface area contributed by atoms with Crippen LogP contribution in [-0.2, 0) is 6.54 Å². The van der Waals surface area contributed by atoms with Crippen LogP contribution in [0.5, 0.6) is 11.5 Å². The molecule has 0 aliphatic rings. The highest BCUT2D eigenvalue weighted by Crippen LogP contribution is 2.30. The first-order valence-corrected chi connectivity index (χ1v) is 11.4. The average Bonchev–Trinajstić information content (AvgIpc) is 2.84.